The number of amides is 1. The van der Waals surface area contributed by atoms with Crippen LogP contribution in [-0.2, 0) is 13.0 Å². The van der Waals surface area contributed by atoms with E-state index in [2.05, 4.69) is 23.2 Å². The van der Waals surface area contributed by atoms with Crippen molar-refractivity contribution in [2.24, 2.45) is 0 Å². The van der Waals surface area contributed by atoms with E-state index in [1.165, 1.54) is 0 Å². The molecule has 0 unspecified atom stereocenters. The van der Waals surface area contributed by atoms with Crippen molar-refractivity contribution in [2.45, 2.75) is 33.7 Å². The fourth-order valence-corrected chi connectivity index (χ4v) is 3.79. The number of anilines is 1. The molecular formula is C22H22N4O2. The van der Waals surface area contributed by atoms with E-state index >= 15 is 0 Å². The summed E-state index contributed by atoms with van der Waals surface area (Å²) in [7, 11) is 0. The summed E-state index contributed by atoms with van der Waals surface area (Å²) in [5, 5.41) is 13.1. The molecule has 28 heavy (non-hydrogen) atoms. The maximum Gasteiger partial charge on any atom is 0.259 e. The molecule has 0 fully saturated rings. The molecule has 0 saturated heterocycles. The monoisotopic (exact) mass is 374 g/mol. The Bertz CT molecular complexity index is 1120. The number of hydrogen-bond donors (Lipinski definition) is 1. The molecule has 1 aromatic carbocycles. The Balaban J connectivity index is 1.84. The van der Waals surface area contributed by atoms with E-state index in [1.54, 1.807) is 6.92 Å². The van der Waals surface area contributed by atoms with Crippen LogP contribution in [0, 0.1) is 25.2 Å². The van der Waals surface area contributed by atoms with E-state index in [0.717, 1.165) is 47.2 Å². The van der Waals surface area contributed by atoms with Gasteiger partial charge in [-0.1, -0.05) is 25.1 Å². The van der Waals surface area contributed by atoms with Crippen LogP contribution >= 0.6 is 0 Å². The summed E-state index contributed by atoms with van der Waals surface area (Å²) in [6.07, 6.45) is 0.816. The summed E-state index contributed by atoms with van der Waals surface area (Å²) in [4.78, 5) is 20.5. The van der Waals surface area contributed by atoms with Crippen LogP contribution in [0.15, 0.2) is 28.7 Å². The Morgan fingerprint density at radius 1 is 1.36 bits per heavy atom. The van der Waals surface area contributed by atoms with Gasteiger partial charge >= 0.3 is 0 Å². The van der Waals surface area contributed by atoms with Gasteiger partial charge in [0.05, 0.1) is 11.1 Å². The molecule has 6 nitrogen and oxygen atoms in total. The van der Waals surface area contributed by atoms with E-state index in [9.17, 15) is 10.1 Å². The number of aromatic nitrogens is 1. The predicted octanol–water partition coefficient (Wildman–Crippen LogP) is 3.95. The van der Waals surface area contributed by atoms with E-state index < -0.39 is 0 Å². The molecule has 0 aliphatic carbocycles. The lowest BCUT2D eigenvalue weighted by molar-refractivity contribution is 0.102. The molecule has 2 aromatic heterocycles. The molecule has 0 radical (unpaired) electrons. The Kier molecular flexibility index (Phi) is 4.62. The van der Waals surface area contributed by atoms with Gasteiger partial charge in [0.25, 0.3) is 5.91 Å². The molecule has 1 N–H and O–H groups in total. The number of furan rings is 1. The number of nitrogens with zero attached hydrogens (tertiary/aromatic N) is 3. The molecule has 1 amide bonds. The third kappa shape index (κ3) is 2.94. The zero-order valence-corrected chi connectivity index (χ0v) is 16.3. The first-order chi connectivity index (χ1) is 13.5. The molecule has 4 rings (SSSR count). The van der Waals surface area contributed by atoms with Gasteiger partial charge in [-0.2, -0.15) is 5.26 Å². The number of aryl methyl sites for hydroxylation is 1. The number of carbonyl (C=O) groups is 1. The number of rotatable bonds is 3. The van der Waals surface area contributed by atoms with Crippen LogP contribution in [0.5, 0.6) is 0 Å². The van der Waals surface area contributed by atoms with E-state index in [-0.39, 0.29) is 11.8 Å². The first-order valence-electron chi connectivity index (χ1n) is 9.47. The van der Waals surface area contributed by atoms with Gasteiger partial charge in [0.15, 0.2) is 0 Å². The van der Waals surface area contributed by atoms with Crippen molar-refractivity contribution in [3.05, 3.63) is 58.0 Å². The van der Waals surface area contributed by atoms with Gasteiger partial charge in [0.1, 0.15) is 17.4 Å². The molecule has 0 atom stereocenters. The van der Waals surface area contributed by atoms with E-state index in [0.29, 0.717) is 23.4 Å². The minimum absolute atomic E-state index is 0.209. The van der Waals surface area contributed by atoms with Crippen molar-refractivity contribution in [3.8, 4) is 6.07 Å². The highest BCUT2D eigenvalue weighted by molar-refractivity contribution is 6.13. The van der Waals surface area contributed by atoms with Crippen LogP contribution < -0.4 is 5.32 Å². The van der Waals surface area contributed by atoms with Crippen LogP contribution in [0.2, 0.25) is 0 Å². The van der Waals surface area contributed by atoms with Gasteiger partial charge in [0.2, 0.25) is 5.88 Å². The van der Waals surface area contributed by atoms with Crippen molar-refractivity contribution in [2.75, 3.05) is 18.4 Å². The highest BCUT2D eigenvalue weighted by Crippen LogP contribution is 2.30. The minimum Gasteiger partial charge on any atom is -0.444 e. The van der Waals surface area contributed by atoms with E-state index in [1.807, 2.05) is 31.2 Å². The molecule has 142 valence electrons. The van der Waals surface area contributed by atoms with Crippen molar-refractivity contribution < 1.29 is 9.21 Å². The first kappa shape index (κ1) is 18.2. The lowest BCUT2D eigenvalue weighted by Crippen LogP contribution is -2.33. The first-order valence-corrected chi connectivity index (χ1v) is 9.47. The average molecular weight is 374 g/mol. The molecule has 3 aromatic rings. The van der Waals surface area contributed by atoms with Crippen molar-refractivity contribution >= 4 is 22.7 Å². The molecule has 1 aliphatic rings. The summed E-state index contributed by atoms with van der Waals surface area (Å²) in [5.41, 5.74) is 4.48. The second kappa shape index (κ2) is 7.10. The lowest BCUT2D eigenvalue weighted by atomic mass is 9.95. The Labute approximate surface area is 163 Å². The highest BCUT2D eigenvalue weighted by atomic mass is 16.4. The van der Waals surface area contributed by atoms with Gasteiger partial charge in [0, 0.05) is 41.7 Å². The fraction of sp³-hybridized carbons (Fsp3) is 0.318. The van der Waals surface area contributed by atoms with Gasteiger partial charge in [-0.05, 0) is 26.5 Å². The lowest BCUT2D eigenvalue weighted by Gasteiger charge is -2.29. The molecular weight excluding hydrogens is 352 g/mol. The Morgan fingerprint density at radius 3 is 2.89 bits per heavy atom. The standard InChI is InChI=1S/C22H22N4O2/c1-4-26-10-9-19-17(12-26)20(15-7-5-6-8-18(15)24-19)21(27)25-22-16(11-23)13(2)14(3)28-22/h5-8H,4,9-10,12H2,1-3H3,(H,25,27). The Hall–Kier alpha value is -3.17. The molecule has 3 heterocycles. The summed E-state index contributed by atoms with van der Waals surface area (Å²) >= 11 is 0. The quantitative estimate of drug-likeness (QED) is 0.751. The zero-order valence-electron chi connectivity index (χ0n) is 16.3. The van der Waals surface area contributed by atoms with E-state index in [4.69, 9.17) is 9.40 Å². The number of carbonyl (C=O) groups excluding carboxylic acids is 1. The number of pyridine rings is 1. The second-order valence-electron chi connectivity index (χ2n) is 7.10. The smallest absolute Gasteiger partial charge is 0.259 e. The van der Waals surface area contributed by atoms with Crippen molar-refractivity contribution in [3.63, 3.8) is 0 Å². The van der Waals surface area contributed by atoms with Crippen LogP contribution in [0.4, 0.5) is 5.88 Å². The molecule has 0 saturated carbocycles. The van der Waals surface area contributed by atoms with Gasteiger partial charge in [-0.25, -0.2) is 0 Å². The number of nitriles is 1. The fourth-order valence-electron chi connectivity index (χ4n) is 3.79. The van der Waals surface area contributed by atoms with Crippen LogP contribution in [-0.4, -0.2) is 28.9 Å². The number of nitrogens with one attached hydrogen (secondary N) is 1. The Morgan fingerprint density at radius 2 is 2.14 bits per heavy atom. The molecule has 0 bridgehead atoms. The molecule has 1 aliphatic heterocycles. The van der Waals surface area contributed by atoms with Gasteiger partial charge in [-0.3, -0.25) is 20.0 Å². The van der Waals surface area contributed by atoms with Gasteiger partial charge in [-0.15, -0.1) is 0 Å². The summed E-state index contributed by atoms with van der Waals surface area (Å²) in [5.74, 6) is 0.573. The zero-order chi connectivity index (χ0) is 19.8. The van der Waals surface area contributed by atoms with Crippen molar-refractivity contribution in [1.82, 2.24) is 9.88 Å². The van der Waals surface area contributed by atoms with Crippen LogP contribution in [0.3, 0.4) is 0 Å². The van der Waals surface area contributed by atoms with Crippen molar-refractivity contribution in [1.29, 1.82) is 5.26 Å². The largest absolute Gasteiger partial charge is 0.444 e. The molecule has 0 spiro atoms. The maximum atomic E-state index is 13.4. The minimum atomic E-state index is -0.266. The number of benzene rings is 1. The predicted molar refractivity (Wildman–Crippen MR) is 107 cm³/mol. The van der Waals surface area contributed by atoms with Gasteiger partial charge < -0.3 is 4.42 Å². The maximum absolute atomic E-state index is 13.4. The SMILES string of the molecule is CCN1CCc2nc3ccccc3c(C(=O)Nc3oc(C)c(C)c3C#N)c2C1. The normalized spacial score (nSPS) is 13.9. The number of para-hydroxylation sites is 1. The summed E-state index contributed by atoms with van der Waals surface area (Å²) in [6.45, 7) is 8.26. The van der Waals surface area contributed by atoms with Crippen LogP contribution in [0.25, 0.3) is 10.9 Å². The number of hydrogen-bond acceptors (Lipinski definition) is 5. The topological polar surface area (TPSA) is 82.2 Å². The second-order valence-corrected chi connectivity index (χ2v) is 7.10. The number of likely N-dealkylation sites (N-methyl/N-ethyl adjacent to an activating group) is 1. The molecule has 6 heteroatoms. The summed E-state index contributed by atoms with van der Waals surface area (Å²) < 4.78 is 5.65. The third-order valence-electron chi connectivity index (χ3n) is 5.52. The van der Waals surface area contributed by atoms with Crippen LogP contribution in [0.1, 0.15) is 45.4 Å². The third-order valence-corrected chi connectivity index (χ3v) is 5.52. The summed E-state index contributed by atoms with van der Waals surface area (Å²) in [6, 6.07) is 9.82. The highest BCUT2D eigenvalue weighted by Gasteiger charge is 2.26. The average Bonchev–Trinajstić information content (AvgIpc) is 2.97. The number of fused-ring (bicyclic) bond motifs is 2.